The highest BCUT2D eigenvalue weighted by Gasteiger charge is 2.21. The quantitative estimate of drug-likeness (QED) is 0.390. The Kier molecular flexibility index (Phi) is 8.51. The number of hydrogen-bond donors (Lipinski definition) is 1. The molecule has 0 saturated carbocycles. The largest absolute Gasteiger partial charge is 0.492 e. The third kappa shape index (κ3) is 6.39. The fourth-order valence-corrected chi connectivity index (χ4v) is 3.80. The molecule has 2 aromatic carbocycles. The molecule has 36 heavy (non-hydrogen) atoms. The highest BCUT2D eigenvalue weighted by molar-refractivity contribution is 5.96. The number of hydrogen-bond acceptors (Lipinski definition) is 9. The van der Waals surface area contributed by atoms with Gasteiger partial charge in [0.2, 0.25) is 6.79 Å². The van der Waals surface area contributed by atoms with Crippen LogP contribution in [0.5, 0.6) is 23.0 Å². The number of benzene rings is 2. The van der Waals surface area contributed by atoms with Crippen LogP contribution in [0.3, 0.4) is 0 Å². The van der Waals surface area contributed by atoms with Crippen molar-refractivity contribution in [1.82, 2.24) is 0 Å². The molecule has 2 aromatic rings. The Balaban J connectivity index is 1.38. The van der Waals surface area contributed by atoms with Gasteiger partial charge in [0.1, 0.15) is 11.5 Å². The van der Waals surface area contributed by atoms with E-state index in [2.05, 4.69) is 10.2 Å². The number of ether oxygens (including phenoxy) is 6. The maximum Gasteiger partial charge on any atom is 0.331 e. The zero-order valence-corrected chi connectivity index (χ0v) is 20.4. The molecule has 2 heterocycles. The fraction of sp³-hybridized carbons (Fsp3) is 0.385. The van der Waals surface area contributed by atoms with Crippen LogP contribution in [0, 0.1) is 0 Å². The number of carbonyl (C=O) groups excluding carboxylic acids is 2. The van der Waals surface area contributed by atoms with E-state index < -0.39 is 18.5 Å². The minimum atomic E-state index is -0.648. The predicted octanol–water partition coefficient (Wildman–Crippen LogP) is 3.24. The maximum atomic E-state index is 12.6. The first kappa shape index (κ1) is 25.2. The van der Waals surface area contributed by atoms with Crippen LogP contribution in [0.25, 0.3) is 6.08 Å². The summed E-state index contributed by atoms with van der Waals surface area (Å²) in [4.78, 5) is 26.9. The number of anilines is 2. The zero-order chi connectivity index (χ0) is 25.3. The van der Waals surface area contributed by atoms with E-state index in [1.807, 2.05) is 19.9 Å². The van der Waals surface area contributed by atoms with E-state index in [9.17, 15) is 9.59 Å². The highest BCUT2D eigenvalue weighted by atomic mass is 16.7. The summed E-state index contributed by atoms with van der Waals surface area (Å²) in [5, 5.41) is 2.76. The molecule has 0 spiro atoms. The third-order valence-electron chi connectivity index (χ3n) is 5.44. The van der Waals surface area contributed by atoms with Crippen molar-refractivity contribution in [3.8, 4) is 23.0 Å². The molecule has 10 heteroatoms. The predicted molar refractivity (Wildman–Crippen MR) is 133 cm³/mol. The van der Waals surface area contributed by atoms with Gasteiger partial charge in [-0.1, -0.05) is 6.07 Å². The Morgan fingerprint density at radius 3 is 2.53 bits per heavy atom. The average Bonchev–Trinajstić information content (AvgIpc) is 3.36. The van der Waals surface area contributed by atoms with Crippen LogP contribution in [0.15, 0.2) is 36.4 Å². The van der Waals surface area contributed by atoms with Gasteiger partial charge in [0.25, 0.3) is 5.91 Å². The van der Waals surface area contributed by atoms with E-state index in [1.54, 1.807) is 30.3 Å². The number of morpholine rings is 1. The van der Waals surface area contributed by atoms with Crippen molar-refractivity contribution in [3.63, 3.8) is 0 Å². The lowest BCUT2D eigenvalue weighted by Gasteiger charge is -2.31. The second kappa shape index (κ2) is 12.2. The van der Waals surface area contributed by atoms with E-state index in [1.165, 1.54) is 6.08 Å². The summed E-state index contributed by atoms with van der Waals surface area (Å²) in [6.45, 7) is 7.08. The molecule has 1 fully saturated rings. The lowest BCUT2D eigenvalue weighted by atomic mass is 10.2. The van der Waals surface area contributed by atoms with Crippen molar-refractivity contribution in [3.05, 3.63) is 42.0 Å². The number of nitrogens with one attached hydrogen (secondary N) is 1. The Morgan fingerprint density at radius 1 is 1.00 bits per heavy atom. The molecular formula is C26H30N2O8. The van der Waals surface area contributed by atoms with Gasteiger partial charge in [-0.25, -0.2) is 4.79 Å². The van der Waals surface area contributed by atoms with E-state index in [0.29, 0.717) is 55.1 Å². The molecule has 0 bridgehead atoms. The van der Waals surface area contributed by atoms with Gasteiger partial charge in [0, 0.05) is 31.3 Å². The van der Waals surface area contributed by atoms with Gasteiger partial charge in [-0.2, -0.15) is 0 Å². The van der Waals surface area contributed by atoms with Gasteiger partial charge in [-0.05, 0) is 37.6 Å². The molecule has 4 rings (SSSR count). The molecule has 192 valence electrons. The summed E-state index contributed by atoms with van der Waals surface area (Å²) in [5.41, 5.74) is 2.06. The van der Waals surface area contributed by atoms with Gasteiger partial charge in [0.15, 0.2) is 18.1 Å². The first-order chi connectivity index (χ1) is 17.6. The summed E-state index contributed by atoms with van der Waals surface area (Å²) in [6, 6.07) is 8.89. The molecule has 0 aliphatic carbocycles. The Hall–Kier alpha value is -3.92. The number of amides is 1. The summed E-state index contributed by atoms with van der Waals surface area (Å²) in [7, 11) is 0. The minimum absolute atomic E-state index is 0.173. The second-order valence-corrected chi connectivity index (χ2v) is 7.88. The normalized spacial score (nSPS) is 14.6. The standard InChI is InChI=1S/C26H30N2O8/c1-3-32-22-15-20(28-9-11-31-12-10-28)23(33-4-2)14-19(22)27-25(29)16-34-26(30)8-6-18-5-7-21-24(13-18)36-17-35-21/h5-8,13-15H,3-4,9-12,16-17H2,1-2H3,(H,27,29). The van der Waals surface area contributed by atoms with E-state index in [0.717, 1.165) is 24.3 Å². The molecule has 0 atom stereocenters. The first-order valence-electron chi connectivity index (χ1n) is 11.9. The molecule has 2 aliphatic heterocycles. The molecule has 0 aromatic heterocycles. The van der Waals surface area contributed by atoms with Crippen LogP contribution in [0.4, 0.5) is 11.4 Å². The van der Waals surface area contributed by atoms with Crippen LogP contribution in [0.1, 0.15) is 19.4 Å². The number of fused-ring (bicyclic) bond motifs is 1. The summed E-state index contributed by atoms with van der Waals surface area (Å²) in [5.74, 6) is 1.25. The van der Waals surface area contributed by atoms with Crippen LogP contribution in [-0.4, -0.2) is 64.8 Å². The van der Waals surface area contributed by atoms with Crippen LogP contribution in [-0.2, 0) is 19.1 Å². The fourth-order valence-electron chi connectivity index (χ4n) is 3.80. The topological polar surface area (TPSA) is 105 Å². The second-order valence-electron chi connectivity index (χ2n) is 7.88. The van der Waals surface area contributed by atoms with Crippen molar-refractivity contribution in [2.24, 2.45) is 0 Å². The van der Waals surface area contributed by atoms with Crippen molar-refractivity contribution < 1.29 is 38.0 Å². The zero-order valence-electron chi connectivity index (χ0n) is 20.4. The van der Waals surface area contributed by atoms with Gasteiger partial charge in [-0.3, -0.25) is 4.79 Å². The number of nitrogens with zero attached hydrogens (tertiary/aromatic N) is 1. The number of carbonyl (C=O) groups is 2. The highest BCUT2D eigenvalue weighted by Crippen LogP contribution is 2.39. The maximum absolute atomic E-state index is 12.6. The molecule has 1 saturated heterocycles. The smallest absolute Gasteiger partial charge is 0.331 e. The first-order valence-corrected chi connectivity index (χ1v) is 11.9. The van der Waals surface area contributed by atoms with Gasteiger partial charge < -0.3 is 38.6 Å². The molecule has 2 aliphatic rings. The van der Waals surface area contributed by atoms with E-state index in [-0.39, 0.29) is 6.79 Å². The van der Waals surface area contributed by atoms with Gasteiger partial charge >= 0.3 is 5.97 Å². The van der Waals surface area contributed by atoms with Gasteiger partial charge in [-0.15, -0.1) is 0 Å². The van der Waals surface area contributed by atoms with Gasteiger partial charge in [0.05, 0.1) is 37.8 Å². The van der Waals surface area contributed by atoms with Crippen molar-refractivity contribution in [2.75, 3.05) is 63.1 Å². The van der Waals surface area contributed by atoms with Crippen molar-refractivity contribution in [2.45, 2.75) is 13.8 Å². The summed E-state index contributed by atoms with van der Waals surface area (Å²) in [6.07, 6.45) is 2.83. The number of rotatable bonds is 10. The lowest BCUT2D eigenvalue weighted by Crippen LogP contribution is -2.36. The van der Waals surface area contributed by atoms with Crippen LogP contribution in [0.2, 0.25) is 0 Å². The van der Waals surface area contributed by atoms with Crippen molar-refractivity contribution in [1.29, 1.82) is 0 Å². The van der Waals surface area contributed by atoms with E-state index in [4.69, 9.17) is 28.4 Å². The monoisotopic (exact) mass is 498 g/mol. The third-order valence-corrected chi connectivity index (χ3v) is 5.44. The SMILES string of the molecule is CCOc1cc(N2CCOCC2)c(OCC)cc1NC(=O)COC(=O)C=Cc1ccc2c(c1)OCO2. The Morgan fingerprint density at radius 2 is 1.75 bits per heavy atom. The van der Waals surface area contributed by atoms with Crippen LogP contribution < -0.4 is 29.2 Å². The minimum Gasteiger partial charge on any atom is -0.492 e. The summed E-state index contributed by atoms with van der Waals surface area (Å²) >= 11 is 0. The molecule has 0 unspecified atom stereocenters. The molecule has 0 radical (unpaired) electrons. The average molecular weight is 499 g/mol. The summed E-state index contributed by atoms with van der Waals surface area (Å²) < 4.78 is 32.8. The molecule has 1 N–H and O–H groups in total. The van der Waals surface area contributed by atoms with Crippen LogP contribution >= 0.6 is 0 Å². The molecule has 10 nitrogen and oxygen atoms in total. The Bertz CT molecular complexity index is 1110. The van der Waals surface area contributed by atoms with Crippen molar-refractivity contribution >= 4 is 29.3 Å². The molecular weight excluding hydrogens is 468 g/mol. The number of esters is 1. The Labute approximate surface area is 209 Å². The lowest BCUT2D eigenvalue weighted by molar-refractivity contribution is -0.142. The van der Waals surface area contributed by atoms with E-state index >= 15 is 0 Å². The molecule has 1 amide bonds.